The SMILES string of the molecule is Cc1c(Cl)cccc1NC(=O)CNc1ccc(S(C)(=O)=O)cc1[N+](=O)[O-]. The standard InChI is InChI=1S/C16H16ClN3O5S/c1-10-12(17)4-3-5-13(10)19-16(21)9-18-14-7-6-11(26(2,24)25)8-15(14)20(22)23/h3-8,18H,9H2,1-2H3,(H,19,21). The third-order valence-electron chi connectivity index (χ3n) is 3.58. The van der Waals surface area contributed by atoms with Gasteiger partial charge < -0.3 is 10.6 Å². The second kappa shape index (κ2) is 7.71. The molecule has 0 radical (unpaired) electrons. The molecule has 26 heavy (non-hydrogen) atoms. The molecule has 0 bridgehead atoms. The van der Waals surface area contributed by atoms with Gasteiger partial charge in [-0.3, -0.25) is 14.9 Å². The summed E-state index contributed by atoms with van der Waals surface area (Å²) in [5.74, 6) is -0.433. The number of benzene rings is 2. The number of nitro benzene ring substituents is 1. The zero-order valence-corrected chi connectivity index (χ0v) is 15.5. The highest BCUT2D eigenvalue weighted by Gasteiger charge is 2.19. The predicted octanol–water partition coefficient (Wildman–Crippen LogP) is 3.01. The van der Waals surface area contributed by atoms with Gasteiger partial charge in [0.2, 0.25) is 5.91 Å². The number of carbonyl (C=O) groups is 1. The molecule has 2 N–H and O–H groups in total. The normalized spacial score (nSPS) is 11.0. The average Bonchev–Trinajstić information content (AvgIpc) is 2.56. The van der Waals surface area contributed by atoms with E-state index in [9.17, 15) is 23.3 Å². The molecule has 8 nitrogen and oxygen atoms in total. The van der Waals surface area contributed by atoms with Gasteiger partial charge in [-0.2, -0.15) is 0 Å². The van der Waals surface area contributed by atoms with Gasteiger partial charge in [0.05, 0.1) is 16.4 Å². The van der Waals surface area contributed by atoms with E-state index in [4.69, 9.17) is 11.6 Å². The van der Waals surface area contributed by atoms with E-state index in [0.29, 0.717) is 16.3 Å². The summed E-state index contributed by atoms with van der Waals surface area (Å²) in [4.78, 5) is 22.4. The predicted molar refractivity (Wildman–Crippen MR) is 99.5 cm³/mol. The topological polar surface area (TPSA) is 118 Å². The van der Waals surface area contributed by atoms with Gasteiger partial charge in [0.15, 0.2) is 9.84 Å². The molecular weight excluding hydrogens is 382 g/mol. The highest BCUT2D eigenvalue weighted by atomic mass is 35.5. The van der Waals surface area contributed by atoms with Gasteiger partial charge in [-0.15, -0.1) is 0 Å². The van der Waals surface area contributed by atoms with Gasteiger partial charge >= 0.3 is 0 Å². The van der Waals surface area contributed by atoms with Crippen LogP contribution in [0.25, 0.3) is 0 Å². The number of anilines is 2. The Balaban J connectivity index is 2.15. The minimum absolute atomic E-state index is 0.0420. The van der Waals surface area contributed by atoms with Crippen molar-refractivity contribution in [3.05, 3.63) is 57.1 Å². The van der Waals surface area contributed by atoms with Gasteiger partial charge in [0.1, 0.15) is 5.69 Å². The van der Waals surface area contributed by atoms with Crippen LogP contribution >= 0.6 is 11.6 Å². The fourth-order valence-corrected chi connectivity index (χ4v) is 2.97. The quantitative estimate of drug-likeness (QED) is 0.571. The molecule has 2 aromatic rings. The average molecular weight is 398 g/mol. The molecule has 0 atom stereocenters. The fourth-order valence-electron chi connectivity index (χ4n) is 2.16. The number of sulfone groups is 1. The van der Waals surface area contributed by atoms with Crippen LogP contribution in [0.2, 0.25) is 5.02 Å². The molecule has 10 heteroatoms. The third-order valence-corrected chi connectivity index (χ3v) is 5.09. The molecule has 2 rings (SSSR count). The van der Waals surface area contributed by atoms with E-state index in [1.54, 1.807) is 25.1 Å². The summed E-state index contributed by atoms with van der Waals surface area (Å²) in [5, 5.41) is 17.0. The van der Waals surface area contributed by atoms with Gasteiger partial charge in [0, 0.05) is 23.0 Å². The highest BCUT2D eigenvalue weighted by Crippen LogP contribution is 2.27. The Morgan fingerprint density at radius 2 is 1.92 bits per heavy atom. The van der Waals surface area contributed by atoms with Crippen molar-refractivity contribution in [3.63, 3.8) is 0 Å². The zero-order chi connectivity index (χ0) is 19.5. The molecule has 0 aliphatic rings. The second-order valence-electron chi connectivity index (χ2n) is 5.52. The van der Waals surface area contributed by atoms with Crippen LogP contribution in [0.4, 0.5) is 17.1 Å². The number of carbonyl (C=O) groups excluding carboxylic acids is 1. The first-order valence-electron chi connectivity index (χ1n) is 7.37. The van der Waals surface area contributed by atoms with E-state index in [-0.39, 0.29) is 17.1 Å². The van der Waals surface area contributed by atoms with Gasteiger partial charge in [0.25, 0.3) is 5.69 Å². The van der Waals surface area contributed by atoms with Crippen molar-refractivity contribution in [2.75, 3.05) is 23.4 Å². The molecule has 0 aromatic heterocycles. The maximum absolute atomic E-state index is 12.1. The molecule has 1 amide bonds. The first kappa shape index (κ1) is 19.7. The Labute approximate surface area is 155 Å². The first-order valence-corrected chi connectivity index (χ1v) is 9.64. The number of amides is 1. The summed E-state index contributed by atoms with van der Waals surface area (Å²) in [6, 6.07) is 8.51. The lowest BCUT2D eigenvalue weighted by Gasteiger charge is -2.11. The van der Waals surface area contributed by atoms with Crippen LogP contribution in [0.5, 0.6) is 0 Å². The lowest BCUT2D eigenvalue weighted by atomic mass is 10.2. The number of nitro groups is 1. The summed E-state index contributed by atoms with van der Waals surface area (Å²) in [6.07, 6.45) is 0.958. The summed E-state index contributed by atoms with van der Waals surface area (Å²) in [7, 11) is -3.58. The smallest absolute Gasteiger partial charge is 0.293 e. The van der Waals surface area contributed by atoms with E-state index >= 15 is 0 Å². The van der Waals surface area contributed by atoms with E-state index in [1.807, 2.05) is 0 Å². The number of nitrogens with zero attached hydrogens (tertiary/aromatic N) is 1. The lowest BCUT2D eigenvalue weighted by Crippen LogP contribution is -2.22. The summed E-state index contributed by atoms with van der Waals surface area (Å²) in [5.41, 5.74) is 0.845. The van der Waals surface area contributed by atoms with Gasteiger partial charge in [-0.1, -0.05) is 17.7 Å². The fraction of sp³-hybridized carbons (Fsp3) is 0.188. The Morgan fingerprint density at radius 3 is 2.54 bits per heavy atom. The van der Waals surface area contributed by atoms with E-state index < -0.39 is 26.4 Å². The van der Waals surface area contributed by atoms with Gasteiger partial charge in [-0.05, 0) is 36.8 Å². The number of rotatable bonds is 6. The minimum atomic E-state index is -3.58. The van der Waals surface area contributed by atoms with Crippen LogP contribution in [0.15, 0.2) is 41.3 Å². The van der Waals surface area contributed by atoms with Crippen LogP contribution < -0.4 is 10.6 Å². The molecule has 0 spiro atoms. The van der Waals surface area contributed by atoms with Crippen LogP contribution in [-0.2, 0) is 14.6 Å². The summed E-state index contributed by atoms with van der Waals surface area (Å²) < 4.78 is 23.1. The van der Waals surface area contributed by atoms with Crippen LogP contribution in [0, 0.1) is 17.0 Å². The number of nitrogens with one attached hydrogen (secondary N) is 2. The van der Waals surface area contributed by atoms with Crippen molar-refractivity contribution in [3.8, 4) is 0 Å². The van der Waals surface area contributed by atoms with Crippen molar-refractivity contribution in [1.29, 1.82) is 0 Å². The van der Waals surface area contributed by atoms with E-state index in [2.05, 4.69) is 10.6 Å². The largest absolute Gasteiger partial charge is 0.371 e. The molecule has 0 aliphatic heterocycles. The molecular formula is C16H16ClN3O5S. The van der Waals surface area contributed by atoms with Crippen molar-refractivity contribution in [2.24, 2.45) is 0 Å². The van der Waals surface area contributed by atoms with Crippen LogP contribution in [0.1, 0.15) is 5.56 Å². The van der Waals surface area contributed by atoms with Crippen molar-refractivity contribution in [1.82, 2.24) is 0 Å². The first-order chi connectivity index (χ1) is 12.1. The molecule has 0 fully saturated rings. The van der Waals surface area contributed by atoms with Crippen molar-refractivity contribution >= 4 is 44.4 Å². The minimum Gasteiger partial charge on any atom is -0.371 e. The number of hydrogen-bond donors (Lipinski definition) is 2. The maximum atomic E-state index is 12.1. The molecule has 0 saturated heterocycles. The molecule has 2 aromatic carbocycles. The molecule has 138 valence electrons. The molecule has 0 unspecified atom stereocenters. The highest BCUT2D eigenvalue weighted by molar-refractivity contribution is 7.90. The van der Waals surface area contributed by atoms with E-state index in [1.165, 1.54) is 12.1 Å². The lowest BCUT2D eigenvalue weighted by molar-refractivity contribution is -0.384. The van der Waals surface area contributed by atoms with Crippen molar-refractivity contribution in [2.45, 2.75) is 11.8 Å². The number of hydrogen-bond acceptors (Lipinski definition) is 6. The zero-order valence-electron chi connectivity index (χ0n) is 13.9. The summed E-state index contributed by atoms with van der Waals surface area (Å²) in [6.45, 7) is 1.51. The second-order valence-corrected chi connectivity index (χ2v) is 7.95. The van der Waals surface area contributed by atoms with Crippen LogP contribution in [-0.4, -0.2) is 32.0 Å². The monoisotopic (exact) mass is 397 g/mol. The third kappa shape index (κ3) is 4.70. The molecule has 0 saturated carbocycles. The Kier molecular flexibility index (Phi) is 5.83. The maximum Gasteiger partial charge on any atom is 0.293 e. The molecule has 0 heterocycles. The Bertz CT molecular complexity index is 976. The van der Waals surface area contributed by atoms with E-state index in [0.717, 1.165) is 12.3 Å². The Hall–Kier alpha value is -2.65. The number of halogens is 1. The summed E-state index contributed by atoms with van der Waals surface area (Å²) >= 11 is 5.99. The van der Waals surface area contributed by atoms with Gasteiger partial charge in [-0.25, -0.2) is 8.42 Å². The van der Waals surface area contributed by atoms with Crippen molar-refractivity contribution < 1.29 is 18.1 Å². The Morgan fingerprint density at radius 1 is 1.23 bits per heavy atom. The molecule has 0 aliphatic carbocycles. The van der Waals surface area contributed by atoms with Crippen LogP contribution in [0.3, 0.4) is 0 Å².